The predicted octanol–water partition coefficient (Wildman–Crippen LogP) is 3.14. The number of piperazine rings is 1. The first-order valence-electron chi connectivity index (χ1n) is 8.80. The van der Waals surface area contributed by atoms with E-state index in [2.05, 4.69) is 4.98 Å². The minimum Gasteiger partial charge on any atom is -0.508 e. The van der Waals surface area contributed by atoms with Crippen molar-refractivity contribution in [2.75, 3.05) is 18.0 Å². The molecule has 0 saturated carbocycles. The Labute approximate surface area is 166 Å². The van der Waals surface area contributed by atoms with Crippen LogP contribution in [0.2, 0.25) is 10.0 Å². The summed E-state index contributed by atoms with van der Waals surface area (Å²) in [6.07, 6.45) is 3.29. The molecule has 6 nitrogen and oxygen atoms in total. The van der Waals surface area contributed by atoms with Gasteiger partial charge < -0.3 is 20.0 Å². The van der Waals surface area contributed by atoms with Crippen molar-refractivity contribution in [1.29, 1.82) is 0 Å². The molecule has 0 radical (unpaired) electrons. The van der Waals surface area contributed by atoms with E-state index in [-0.39, 0.29) is 41.9 Å². The number of aromatic nitrogens is 1. The van der Waals surface area contributed by atoms with Gasteiger partial charge in [-0.1, -0.05) is 23.2 Å². The fourth-order valence-corrected chi connectivity index (χ4v) is 4.53. The molecule has 2 saturated heterocycles. The van der Waals surface area contributed by atoms with Crippen LogP contribution < -0.4 is 4.90 Å². The van der Waals surface area contributed by atoms with Crippen molar-refractivity contribution in [2.24, 2.45) is 0 Å². The smallest absolute Gasteiger partial charge is 0.242 e. The first-order valence-corrected chi connectivity index (χ1v) is 9.55. The third-order valence-corrected chi connectivity index (χ3v) is 6.14. The molecule has 4 rings (SSSR count). The molecule has 2 atom stereocenters. The van der Waals surface area contributed by atoms with Crippen LogP contribution in [0, 0.1) is 0 Å². The Morgan fingerprint density at radius 1 is 1.22 bits per heavy atom. The van der Waals surface area contributed by atoms with Crippen molar-refractivity contribution in [3.05, 3.63) is 51.6 Å². The van der Waals surface area contributed by atoms with Crippen LogP contribution in [-0.2, 0) is 11.4 Å². The number of halogens is 2. The highest BCUT2D eigenvalue weighted by Crippen LogP contribution is 2.46. The number of hydrogen-bond donors (Lipinski definition) is 2. The van der Waals surface area contributed by atoms with Crippen LogP contribution in [0.5, 0.6) is 5.75 Å². The largest absolute Gasteiger partial charge is 0.508 e. The van der Waals surface area contributed by atoms with Gasteiger partial charge in [0.1, 0.15) is 11.6 Å². The lowest BCUT2D eigenvalue weighted by molar-refractivity contribution is -0.133. The van der Waals surface area contributed by atoms with Crippen molar-refractivity contribution in [3.8, 4) is 5.75 Å². The molecule has 0 spiro atoms. The molecule has 8 heteroatoms. The van der Waals surface area contributed by atoms with Crippen LogP contribution in [0.4, 0.5) is 5.82 Å². The van der Waals surface area contributed by atoms with Crippen molar-refractivity contribution >= 4 is 34.9 Å². The van der Waals surface area contributed by atoms with Crippen LogP contribution in [0.15, 0.2) is 30.5 Å². The Balaban J connectivity index is 1.88. The molecule has 2 fully saturated rings. The average molecular weight is 408 g/mol. The molecule has 2 aromatic rings. The van der Waals surface area contributed by atoms with Gasteiger partial charge in [0.15, 0.2) is 0 Å². The van der Waals surface area contributed by atoms with Gasteiger partial charge >= 0.3 is 0 Å². The summed E-state index contributed by atoms with van der Waals surface area (Å²) in [5.74, 6) is 0.614. The van der Waals surface area contributed by atoms with Crippen molar-refractivity contribution < 1.29 is 15.0 Å². The fourth-order valence-electron chi connectivity index (χ4n) is 4.10. The van der Waals surface area contributed by atoms with Crippen LogP contribution in [-0.4, -0.2) is 45.1 Å². The number of carbonyl (C=O) groups is 1. The zero-order valence-electron chi connectivity index (χ0n) is 14.5. The summed E-state index contributed by atoms with van der Waals surface area (Å²) in [5.41, 5.74) is 1.20. The molecule has 27 heavy (non-hydrogen) atoms. The molecule has 2 aliphatic rings. The predicted molar refractivity (Wildman–Crippen MR) is 103 cm³/mol. The van der Waals surface area contributed by atoms with Crippen LogP contribution in [0.3, 0.4) is 0 Å². The zero-order valence-corrected chi connectivity index (χ0v) is 16.0. The molecule has 0 bridgehead atoms. The summed E-state index contributed by atoms with van der Waals surface area (Å²) in [6.45, 7) is 0.683. The minimum absolute atomic E-state index is 0.0163. The van der Waals surface area contributed by atoms with E-state index >= 15 is 0 Å². The van der Waals surface area contributed by atoms with E-state index in [4.69, 9.17) is 23.2 Å². The first kappa shape index (κ1) is 18.3. The molecule has 1 aromatic carbocycles. The van der Waals surface area contributed by atoms with Gasteiger partial charge in [0, 0.05) is 18.3 Å². The van der Waals surface area contributed by atoms with Gasteiger partial charge in [-0.05, 0) is 42.7 Å². The Morgan fingerprint density at radius 3 is 2.81 bits per heavy atom. The number of aliphatic hydroxyl groups is 1. The molecule has 0 aliphatic carbocycles. The summed E-state index contributed by atoms with van der Waals surface area (Å²) < 4.78 is 0. The van der Waals surface area contributed by atoms with Crippen LogP contribution >= 0.6 is 23.2 Å². The quantitative estimate of drug-likeness (QED) is 0.816. The number of benzene rings is 1. The van der Waals surface area contributed by atoms with E-state index in [0.717, 1.165) is 12.8 Å². The number of aliphatic hydroxyl groups excluding tert-OH is 1. The van der Waals surface area contributed by atoms with Crippen molar-refractivity contribution in [1.82, 2.24) is 9.88 Å². The summed E-state index contributed by atoms with van der Waals surface area (Å²) >= 11 is 12.7. The number of aromatic hydroxyl groups is 1. The van der Waals surface area contributed by atoms with Gasteiger partial charge in [0.2, 0.25) is 5.91 Å². The highest BCUT2D eigenvalue weighted by Gasteiger charge is 2.46. The molecule has 142 valence electrons. The number of fused-ring (bicyclic) bond motifs is 1. The van der Waals surface area contributed by atoms with E-state index in [1.54, 1.807) is 24.4 Å². The van der Waals surface area contributed by atoms with Crippen molar-refractivity contribution in [2.45, 2.75) is 31.5 Å². The third kappa shape index (κ3) is 3.12. The lowest BCUT2D eigenvalue weighted by atomic mass is 9.92. The summed E-state index contributed by atoms with van der Waals surface area (Å²) in [5, 5.41) is 20.7. The van der Waals surface area contributed by atoms with Gasteiger partial charge in [-0.15, -0.1) is 0 Å². The van der Waals surface area contributed by atoms with E-state index in [0.29, 0.717) is 28.5 Å². The number of amides is 1. The van der Waals surface area contributed by atoms with Crippen LogP contribution in [0.25, 0.3) is 0 Å². The van der Waals surface area contributed by atoms with E-state index < -0.39 is 0 Å². The SMILES string of the molecule is O=C1CN(c2cc(CO)ccn2)C(c2c(O)ccc(Cl)c2Cl)[C@@H]2CCCN12. The molecule has 2 aliphatic heterocycles. The highest BCUT2D eigenvalue weighted by atomic mass is 35.5. The van der Waals surface area contributed by atoms with Crippen LogP contribution in [0.1, 0.15) is 30.0 Å². The molecular formula is C19H19Cl2N3O3. The highest BCUT2D eigenvalue weighted by molar-refractivity contribution is 6.42. The lowest BCUT2D eigenvalue weighted by Gasteiger charge is -2.45. The fraction of sp³-hybridized carbons (Fsp3) is 0.368. The maximum absolute atomic E-state index is 12.7. The number of rotatable bonds is 3. The second-order valence-electron chi connectivity index (χ2n) is 6.84. The Bertz CT molecular complexity index is 892. The summed E-state index contributed by atoms with van der Waals surface area (Å²) in [6, 6.07) is 6.04. The summed E-state index contributed by atoms with van der Waals surface area (Å²) in [4.78, 5) is 20.8. The minimum atomic E-state index is -0.377. The van der Waals surface area contributed by atoms with E-state index in [1.165, 1.54) is 6.07 Å². The third-order valence-electron chi connectivity index (χ3n) is 5.32. The Kier molecular flexibility index (Phi) is 4.88. The maximum Gasteiger partial charge on any atom is 0.242 e. The average Bonchev–Trinajstić information content (AvgIpc) is 3.17. The number of nitrogens with zero attached hydrogens (tertiary/aromatic N) is 3. The summed E-state index contributed by atoms with van der Waals surface area (Å²) in [7, 11) is 0. The van der Waals surface area contributed by atoms with E-state index in [9.17, 15) is 15.0 Å². The Hall–Kier alpha value is -2.02. The van der Waals surface area contributed by atoms with Gasteiger partial charge in [-0.25, -0.2) is 4.98 Å². The monoisotopic (exact) mass is 407 g/mol. The maximum atomic E-state index is 12.7. The van der Waals surface area contributed by atoms with Gasteiger partial charge in [-0.2, -0.15) is 0 Å². The number of phenolic OH excluding ortho intramolecular Hbond substituents is 1. The van der Waals surface area contributed by atoms with Gasteiger partial charge in [-0.3, -0.25) is 4.79 Å². The topological polar surface area (TPSA) is 76.9 Å². The standard InChI is InChI=1S/C19H19Cl2N3O3/c20-12-3-4-14(26)17(18(12)21)19-13-2-1-7-23(13)16(27)9-24(19)15-8-11(10-25)5-6-22-15/h3-6,8,13,19,25-26H,1-2,7,9-10H2/t13-,19?/m0/s1. The van der Waals surface area contributed by atoms with Crippen molar-refractivity contribution in [3.63, 3.8) is 0 Å². The normalized spacial score (nSPS) is 22.3. The molecule has 3 heterocycles. The molecule has 1 unspecified atom stereocenters. The number of pyridine rings is 1. The first-order chi connectivity index (χ1) is 13.0. The zero-order chi connectivity index (χ0) is 19.1. The van der Waals surface area contributed by atoms with Gasteiger partial charge in [0.25, 0.3) is 0 Å². The number of phenols is 1. The van der Waals surface area contributed by atoms with E-state index in [1.807, 2.05) is 9.80 Å². The lowest BCUT2D eigenvalue weighted by Crippen LogP contribution is -2.55. The second-order valence-corrected chi connectivity index (χ2v) is 7.63. The Morgan fingerprint density at radius 2 is 2.04 bits per heavy atom. The molecular weight excluding hydrogens is 389 g/mol. The molecule has 1 amide bonds. The number of anilines is 1. The number of hydrogen-bond acceptors (Lipinski definition) is 5. The molecule has 1 aromatic heterocycles. The molecule has 2 N–H and O–H groups in total. The second kappa shape index (κ2) is 7.19. The number of carbonyl (C=O) groups excluding carboxylic acids is 1. The van der Waals surface area contributed by atoms with Gasteiger partial charge in [0.05, 0.1) is 35.3 Å².